The molecule has 0 radical (unpaired) electrons. The maximum atomic E-state index is 6.33. The average molecular weight is 298 g/mol. The highest BCUT2D eigenvalue weighted by Crippen LogP contribution is 2.38. The van der Waals surface area contributed by atoms with Crippen molar-refractivity contribution in [1.82, 2.24) is 4.90 Å². The molecule has 0 bridgehead atoms. The molecular weight excluding hydrogens is 268 g/mol. The second-order valence-electron chi connectivity index (χ2n) is 6.78. The largest absolute Gasteiger partial charge is 0.330 e. The van der Waals surface area contributed by atoms with Crippen molar-refractivity contribution in [2.24, 2.45) is 11.7 Å². The fourth-order valence-corrected chi connectivity index (χ4v) is 3.41. The first kappa shape index (κ1) is 17.0. The van der Waals surface area contributed by atoms with Gasteiger partial charge >= 0.3 is 0 Å². The Morgan fingerprint density at radius 2 is 1.77 bits per heavy atom. The lowest BCUT2D eigenvalue weighted by atomic mass is 9.67. The van der Waals surface area contributed by atoms with E-state index in [1.807, 2.05) is 0 Å². The second kappa shape index (κ2) is 7.26. The molecule has 0 spiro atoms. The molecule has 0 aliphatic rings. The normalized spacial score (nSPS) is 15.9. The maximum Gasteiger partial charge on any atom is 0.0113 e. The van der Waals surface area contributed by atoms with Crippen molar-refractivity contribution in [2.75, 3.05) is 27.2 Å². The summed E-state index contributed by atoms with van der Waals surface area (Å²) >= 11 is 0. The summed E-state index contributed by atoms with van der Waals surface area (Å²) in [5.41, 5.74) is 7.78. The molecule has 0 aliphatic carbocycles. The third-order valence-corrected chi connectivity index (χ3v) is 5.25. The van der Waals surface area contributed by atoms with Crippen molar-refractivity contribution < 1.29 is 0 Å². The quantitative estimate of drug-likeness (QED) is 0.836. The molecule has 0 fully saturated rings. The fraction of sp³-hybridized carbons (Fsp3) is 0.500. The molecule has 2 heteroatoms. The van der Waals surface area contributed by atoms with Gasteiger partial charge in [0.25, 0.3) is 0 Å². The van der Waals surface area contributed by atoms with Gasteiger partial charge in [0.15, 0.2) is 0 Å². The zero-order valence-electron chi connectivity index (χ0n) is 14.5. The van der Waals surface area contributed by atoms with E-state index in [1.54, 1.807) is 0 Å². The van der Waals surface area contributed by atoms with E-state index >= 15 is 0 Å². The molecule has 2 rings (SSSR count). The second-order valence-corrected chi connectivity index (χ2v) is 6.78. The first-order valence-electron chi connectivity index (χ1n) is 8.37. The average Bonchev–Trinajstić information content (AvgIpc) is 2.55. The van der Waals surface area contributed by atoms with Crippen LogP contribution in [0.1, 0.15) is 32.3 Å². The first-order chi connectivity index (χ1) is 10.5. The molecule has 0 amide bonds. The van der Waals surface area contributed by atoms with Crippen LogP contribution in [0.2, 0.25) is 0 Å². The van der Waals surface area contributed by atoms with Crippen molar-refractivity contribution in [1.29, 1.82) is 0 Å². The fourth-order valence-electron chi connectivity index (χ4n) is 3.41. The van der Waals surface area contributed by atoms with Crippen molar-refractivity contribution in [3.05, 3.63) is 48.0 Å². The van der Waals surface area contributed by atoms with Crippen LogP contribution >= 0.6 is 0 Å². The number of fused-ring (bicyclic) bond motifs is 1. The van der Waals surface area contributed by atoms with E-state index in [0.717, 1.165) is 19.4 Å². The van der Waals surface area contributed by atoms with Gasteiger partial charge in [-0.1, -0.05) is 62.7 Å². The minimum atomic E-state index is 0.0586. The SMILES string of the molecule is CC[C@@H](C)[C@@](CN)(CCN(C)C)c1ccc2ccccc2c1. The summed E-state index contributed by atoms with van der Waals surface area (Å²) in [4.78, 5) is 2.26. The monoisotopic (exact) mass is 298 g/mol. The summed E-state index contributed by atoms with van der Waals surface area (Å²) in [6.07, 6.45) is 2.25. The minimum absolute atomic E-state index is 0.0586. The Bertz CT molecular complexity index is 605. The minimum Gasteiger partial charge on any atom is -0.330 e. The highest BCUT2D eigenvalue weighted by molar-refractivity contribution is 5.83. The van der Waals surface area contributed by atoms with Crippen LogP contribution in [-0.4, -0.2) is 32.1 Å². The van der Waals surface area contributed by atoms with Crippen LogP contribution in [0.4, 0.5) is 0 Å². The van der Waals surface area contributed by atoms with Gasteiger partial charge in [-0.25, -0.2) is 0 Å². The van der Waals surface area contributed by atoms with Gasteiger partial charge in [0.2, 0.25) is 0 Å². The lowest BCUT2D eigenvalue weighted by molar-refractivity contribution is 0.235. The summed E-state index contributed by atoms with van der Waals surface area (Å²) < 4.78 is 0. The zero-order valence-corrected chi connectivity index (χ0v) is 14.5. The summed E-state index contributed by atoms with van der Waals surface area (Å²) in [5.74, 6) is 0.568. The van der Waals surface area contributed by atoms with Crippen molar-refractivity contribution in [2.45, 2.75) is 32.1 Å². The van der Waals surface area contributed by atoms with Crippen LogP contribution in [0.3, 0.4) is 0 Å². The molecule has 0 saturated heterocycles. The highest BCUT2D eigenvalue weighted by atomic mass is 15.0. The van der Waals surface area contributed by atoms with Gasteiger partial charge in [-0.3, -0.25) is 0 Å². The third-order valence-electron chi connectivity index (χ3n) is 5.25. The van der Waals surface area contributed by atoms with E-state index < -0.39 is 0 Å². The summed E-state index contributed by atoms with van der Waals surface area (Å²) in [7, 11) is 4.27. The Balaban J connectivity index is 2.48. The van der Waals surface area contributed by atoms with Gasteiger partial charge in [0.05, 0.1) is 0 Å². The standard InChI is InChI=1S/C20H30N2/c1-5-16(2)20(15-21,12-13-22(3)4)19-11-10-17-8-6-7-9-18(17)14-19/h6-11,14,16H,5,12-13,15,21H2,1-4H3/t16-,20+/m1/s1. The number of nitrogens with two attached hydrogens (primary N) is 1. The number of hydrogen-bond acceptors (Lipinski definition) is 2. The summed E-state index contributed by atoms with van der Waals surface area (Å²) in [6, 6.07) is 15.5. The molecule has 2 aromatic rings. The van der Waals surface area contributed by atoms with Crippen LogP contribution in [-0.2, 0) is 5.41 Å². The molecule has 0 saturated carbocycles. The first-order valence-corrected chi connectivity index (χ1v) is 8.37. The summed E-state index contributed by atoms with van der Waals surface area (Å²) in [5, 5.41) is 2.61. The van der Waals surface area contributed by atoms with E-state index in [1.165, 1.54) is 16.3 Å². The number of hydrogen-bond donors (Lipinski definition) is 1. The molecule has 2 aromatic carbocycles. The lowest BCUT2D eigenvalue weighted by Gasteiger charge is -2.40. The van der Waals surface area contributed by atoms with Crippen LogP contribution < -0.4 is 5.73 Å². The van der Waals surface area contributed by atoms with E-state index in [0.29, 0.717) is 12.5 Å². The molecule has 120 valence electrons. The number of rotatable bonds is 7. The Hall–Kier alpha value is -1.38. The van der Waals surface area contributed by atoms with E-state index in [9.17, 15) is 0 Å². The van der Waals surface area contributed by atoms with Gasteiger partial charge in [0.1, 0.15) is 0 Å². The van der Waals surface area contributed by atoms with Gasteiger partial charge in [-0.05, 0) is 49.3 Å². The molecule has 22 heavy (non-hydrogen) atoms. The Labute approximate surface area is 135 Å². The number of benzene rings is 2. The molecule has 0 aliphatic heterocycles. The van der Waals surface area contributed by atoms with E-state index in [-0.39, 0.29) is 5.41 Å². The zero-order chi connectivity index (χ0) is 16.2. The Kier molecular flexibility index (Phi) is 5.60. The molecule has 0 unspecified atom stereocenters. The van der Waals surface area contributed by atoms with Gasteiger partial charge in [0, 0.05) is 12.0 Å². The maximum absolute atomic E-state index is 6.33. The smallest absolute Gasteiger partial charge is 0.0113 e. The van der Waals surface area contributed by atoms with Gasteiger partial charge in [-0.15, -0.1) is 0 Å². The molecule has 2 nitrogen and oxygen atoms in total. The topological polar surface area (TPSA) is 29.3 Å². The molecular formula is C20H30N2. The van der Waals surface area contributed by atoms with Gasteiger partial charge in [-0.2, -0.15) is 0 Å². The number of nitrogens with zero attached hydrogens (tertiary/aromatic N) is 1. The van der Waals surface area contributed by atoms with Crippen molar-refractivity contribution in [3.63, 3.8) is 0 Å². The molecule has 0 aromatic heterocycles. The Morgan fingerprint density at radius 3 is 2.36 bits per heavy atom. The third kappa shape index (κ3) is 3.34. The predicted molar refractivity (Wildman–Crippen MR) is 97.3 cm³/mol. The molecule has 2 atom stereocenters. The van der Waals surface area contributed by atoms with Crippen molar-refractivity contribution >= 4 is 10.8 Å². The predicted octanol–water partition coefficient (Wildman–Crippen LogP) is 4.03. The highest BCUT2D eigenvalue weighted by Gasteiger charge is 2.35. The van der Waals surface area contributed by atoms with Crippen LogP contribution in [0.25, 0.3) is 10.8 Å². The van der Waals surface area contributed by atoms with E-state index in [4.69, 9.17) is 5.73 Å². The van der Waals surface area contributed by atoms with Crippen LogP contribution in [0, 0.1) is 5.92 Å². The van der Waals surface area contributed by atoms with E-state index in [2.05, 4.69) is 75.3 Å². The molecule has 2 N–H and O–H groups in total. The lowest BCUT2D eigenvalue weighted by Crippen LogP contribution is -2.43. The molecule has 0 heterocycles. The summed E-state index contributed by atoms with van der Waals surface area (Å²) in [6.45, 7) is 6.38. The van der Waals surface area contributed by atoms with Crippen LogP contribution in [0.15, 0.2) is 42.5 Å². The Morgan fingerprint density at radius 1 is 1.09 bits per heavy atom. The van der Waals surface area contributed by atoms with Crippen molar-refractivity contribution in [3.8, 4) is 0 Å². The van der Waals surface area contributed by atoms with Gasteiger partial charge < -0.3 is 10.6 Å². The van der Waals surface area contributed by atoms with Crippen LogP contribution in [0.5, 0.6) is 0 Å².